The van der Waals surface area contributed by atoms with Crippen LogP contribution in [0.15, 0.2) is 23.4 Å². The predicted molar refractivity (Wildman–Crippen MR) is 83.9 cm³/mol. The second kappa shape index (κ2) is 7.11. The van der Waals surface area contributed by atoms with Crippen LogP contribution in [-0.2, 0) is 11.3 Å². The highest BCUT2D eigenvalue weighted by atomic mass is 35.5. The van der Waals surface area contributed by atoms with Crippen molar-refractivity contribution in [2.45, 2.75) is 30.8 Å². The fraction of sp³-hybridized carbons (Fsp3) is 0.333. The molecule has 6 nitrogen and oxygen atoms in total. The third kappa shape index (κ3) is 4.09. The van der Waals surface area contributed by atoms with E-state index in [-0.39, 0.29) is 11.2 Å². The van der Waals surface area contributed by atoms with Gasteiger partial charge in [-0.3, -0.25) is 4.79 Å². The molecule has 2 rings (SSSR count). The second-order valence-corrected chi connectivity index (χ2v) is 6.30. The van der Waals surface area contributed by atoms with Crippen LogP contribution in [0.4, 0.5) is 5.69 Å². The minimum Gasteiger partial charge on any atom is -0.324 e. The SMILES string of the molecule is CCn1nnnc1SC(C)C(=O)Nc1cc(Cl)ccc1Cl. The molecule has 9 heteroatoms. The third-order valence-corrected chi connectivity index (χ3v) is 4.27. The van der Waals surface area contributed by atoms with Crippen LogP contribution in [0.5, 0.6) is 0 Å². The topological polar surface area (TPSA) is 72.7 Å². The fourth-order valence-corrected chi connectivity index (χ4v) is 2.71. The number of thioether (sulfide) groups is 1. The van der Waals surface area contributed by atoms with Crippen LogP contribution >= 0.6 is 35.0 Å². The number of amides is 1. The number of tetrazole rings is 1. The number of rotatable bonds is 5. The molecule has 1 aromatic heterocycles. The largest absolute Gasteiger partial charge is 0.324 e. The molecule has 0 aliphatic heterocycles. The molecule has 0 saturated heterocycles. The molecule has 0 radical (unpaired) electrons. The van der Waals surface area contributed by atoms with E-state index < -0.39 is 0 Å². The lowest BCUT2D eigenvalue weighted by Crippen LogP contribution is -2.23. The van der Waals surface area contributed by atoms with Gasteiger partial charge in [-0.1, -0.05) is 35.0 Å². The summed E-state index contributed by atoms with van der Waals surface area (Å²) in [5.74, 6) is -0.199. The number of hydrogen-bond donors (Lipinski definition) is 1. The van der Waals surface area contributed by atoms with Crippen molar-refractivity contribution in [1.82, 2.24) is 20.2 Å². The first-order chi connectivity index (χ1) is 10.0. The Bertz CT molecular complexity index is 648. The van der Waals surface area contributed by atoms with E-state index in [0.717, 1.165) is 0 Å². The molecule has 112 valence electrons. The summed E-state index contributed by atoms with van der Waals surface area (Å²) in [6.07, 6.45) is 0. The molecule has 1 N–H and O–H groups in total. The third-order valence-electron chi connectivity index (χ3n) is 2.64. The van der Waals surface area contributed by atoms with E-state index >= 15 is 0 Å². The number of carbonyl (C=O) groups excluding carboxylic acids is 1. The number of carbonyl (C=O) groups is 1. The van der Waals surface area contributed by atoms with Gasteiger partial charge >= 0.3 is 0 Å². The zero-order valence-electron chi connectivity index (χ0n) is 11.4. The molecule has 0 fully saturated rings. The van der Waals surface area contributed by atoms with Crippen LogP contribution in [0, 0.1) is 0 Å². The summed E-state index contributed by atoms with van der Waals surface area (Å²) in [5.41, 5.74) is 0.483. The zero-order chi connectivity index (χ0) is 15.4. The summed E-state index contributed by atoms with van der Waals surface area (Å²) in [6.45, 7) is 4.34. The maximum absolute atomic E-state index is 12.2. The van der Waals surface area contributed by atoms with Crippen molar-refractivity contribution < 1.29 is 4.79 Å². The maximum atomic E-state index is 12.2. The highest BCUT2D eigenvalue weighted by Gasteiger charge is 2.19. The summed E-state index contributed by atoms with van der Waals surface area (Å²) < 4.78 is 1.63. The van der Waals surface area contributed by atoms with E-state index in [1.54, 1.807) is 29.8 Å². The van der Waals surface area contributed by atoms with Crippen LogP contribution in [0.2, 0.25) is 10.0 Å². The molecule has 0 spiro atoms. The smallest absolute Gasteiger partial charge is 0.237 e. The number of aromatic nitrogens is 4. The minimum absolute atomic E-state index is 0.199. The average Bonchev–Trinajstić information content (AvgIpc) is 2.90. The number of halogens is 2. The molecular formula is C12H13Cl2N5OS. The molecule has 0 saturated carbocycles. The standard InChI is InChI=1S/C12H13Cl2N5OS/c1-3-19-12(16-17-18-19)21-7(2)11(20)15-10-6-8(13)4-5-9(10)14/h4-7H,3H2,1-2H3,(H,15,20). The monoisotopic (exact) mass is 345 g/mol. The highest BCUT2D eigenvalue weighted by molar-refractivity contribution is 8.00. The van der Waals surface area contributed by atoms with Gasteiger partial charge < -0.3 is 5.32 Å². The summed E-state index contributed by atoms with van der Waals surface area (Å²) in [5, 5.41) is 15.2. The van der Waals surface area contributed by atoms with Gasteiger partial charge in [-0.15, -0.1) is 5.10 Å². The van der Waals surface area contributed by atoms with E-state index in [4.69, 9.17) is 23.2 Å². The summed E-state index contributed by atoms with van der Waals surface area (Å²) in [4.78, 5) is 12.2. The number of aryl methyl sites for hydroxylation is 1. The van der Waals surface area contributed by atoms with E-state index in [9.17, 15) is 4.79 Å². The van der Waals surface area contributed by atoms with Crippen molar-refractivity contribution >= 4 is 46.6 Å². The maximum Gasteiger partial charge on any atom is 0.237 e. The predicted octanol–water partition coefficient (Wildman–Crippen LogP) is 3.12. The van der Waals surface area contributed by atoms with Gasteiger partial charge in [-0.2, -0.15) is 0 Å². The summed E-state index contributed by atoms with van der Waals surface area (Å²) in [6, 6.07) is 4.90. The molecule has 1 heterocycles. The Hall–Kier alpha value is -1.31. The first-order valence-electron chi connectivity index (χ1n) is 6.20. The van der Waals surface area contributed by atoms with Gasteiger partial charge in [0.15, 0.2) is 0 Å². The lowest BCUT2D eigenvalue weighted by Gasteiger charge is -2.12. The van der Waals surface area contributed by atoms with E-state index in [1.165, 1.54) is 11.8 Å². The van der Waals surface area contributed by atoms with Crippen LogP contribution in [0.3, 0.4) is 0 Å². The first-order valence-corrected chi connectivity index (χ1v) is 7.83. The number of hydrogen-bond acceptors (Lipinski definition) is 5. The number of nitrogens with one attached hydrogen (secondary N) is 1. The molecule has 0 aliphatic rings. The van der Waals surface area contributed by atoms with Gasteiger partial charge in [0.05, 0.1) is 16.0 Å². The number of anilines is 1. The molecule has 1 atom stereocenters. The van der Waals surface area contributed by atoms with Gasteiger partial charge in [-0.25, -0.2) is 4.68 Å². The summed E-state index contributed by atoms with van der Waals surface area (Å²) >= 11 is 13.2. The molecule has 1 aromatic carbocycles. The molecule has 21 heavy (non-hydrogen) atoms. The molecule has 0 aliphatic carbocycles. The van der Waals surface area contributed by atoms with Crippen molar-refractivity contribution in [2.75, 3.05) is 5.32 Å². The molecule has 1 amide bonds. The molecule has 0 bridgehead atoms. The van der Waals surface area contributed by atoms with Gasteiger partial charge in [0.2, 0.25) is 11.1 Å². The molecule has 2 aromatic rings. The molecular weight excluding hydrogens is 333 g/mol. The minimum atomic E-state index is -0.378. The highest BCUT2D eigenvalue weighted by Crippen LogP contribution is 2.27. The Morgan fingerprint density at radius 2 is 2.24 bits per heavy atom. The van der Waals surface area contributed by atoms with Gasteiger partial charge in [0, 0.05) is 11.6 Å². The van der Waals surface area contributed by atoms with Crippen LogP contribution < -0.4 is 5.32 Å². The van der Waals surface area contributed by atoms with Crippen LogP contribution in [0.1, 0.15) is 13.8 Å². The van der Waals surface area contributed by atoms with Crippen molar-refractivity contribution in [3.05, 3.63) is 28.2 Å². The average molecular weight is 346 g/mol. The first kappa shape index (κ1) is 16.1. The summed E-state index contributed by atoms with van der Waals surface area (Å²) in [7, 11) is 0. The van der Waals surface area contributed by atoms with Crippen LogP contribution in [-0.4, -0.2) is 31.4 Å². The van der Waals surface area contributed by atoms with Crippen molar-refractivity contribution in [3.8, 4) is 0 Å². The van der Waals surface area contributed by atoms with Crippen LogP contribution in [0.25, 0.3) is 0 Å². The van der Waals surface area contributed by atoms with Crippen molar-refractivity contribution in [3.63, 3.8) is 0 Å². The Kier molecular flexibility index (Phi) is 5.44. The fourth-order valence-electron chi connectivity index (χ4n) is 1.52. The Balaban J connectivity index is 2.04. The van der Waals surface area contributed by atoms with Crippen molar-refractivity contribution in [2.24, 2.45) is 0 Å². The molecule has 1 unspecified atom stereocenters. The van der Waals surface area contributed by atoms with E-state index in [1.807, 2.05) is 6.92 Å². The van der Waals surface area contributed by atoms with Gasteiger partial charge in [0.1, 0.15) is 0 Å². The normalized spacial score (nSPS) is 12.2. The Morgan fingerprint density at radius 1 is 1.48 bits per heavy atom. The number of nitrogens with zero attached hydrogens (tertiary/aromatic N) is 4. The number of benzene rings is 1. The van der Waals surface area contributed by atoms with E-state index in [0.29, 0.717) is 27.4 Å². The van der Waals surface area contributed by atoms with Crippen molar-refractivity contribution in [1.29, 1.82) is 0 Å². The van der Waals surface area contributed by atoms with Gasteiger partial charge in [0.25, 0.3) is 0 Å². The van der Waals surface area contributed by atoms with Gasteiger partial charge in [-0.05, 0) is 42.5 Å². The zero-order valence-corrected chi connectivity index (χ0v) is 13.7. The Morgan fingerprint density at radius 3 is 2.95 bits per heavy atom. The Labute approximate surface area is 136 Å². The van der Waals surface area contributed by atoms with E-state index in [2.05, 4.69) is 20.8 Å². The lowest BCUT2D eigenvalue weighted by molar-refractivity contribution is -0.115. The quantitative estimate of drug-likeness (QED) is 0.842. The lowest BCUT2D eigenvalue weighted by atomic mass is 10.3. The second-order valence-electron chi connectivity index (χ2n) is 4.15.